The lowest BCUT2D eigenvalue weighted by Crippen LogP contribution is -2.32. The molecule has 1 aliphatic rings. The summed E-state index contributed by atoms with van der Waals surface area (Å²) in [6.45, 7) is 0.609. The largest absolute Gasteiger partial charge is 0.375 e. The predicted octanol–water partition coefficient (Wildman–Crippen LogP) is 2.61. The Labute approximate surface area is 139 Å². The van der Waals surface area contributed by atoms with Gasteiger partial charge in [-0.3, -0.25) is 9.59 Å². The molecular formula is C18H17FN2O3. The third kappa shape index (κ3) is 3.28. The van der Waals surface area contributed by atoms with Crippen LogP contribution in [0, 0.1) is 5.82 Å². The van der Waals surface area contributed by atoms with Crippen molar-refractivity contribution in [3.63, 3.8) is 0 Å². The van der Waals surface area contributed by atoms with Crippen LogP contribution in [-0.4, -0.2) is 32.1 Å². The van der Waals surface area contributed by atoms with Gasteiger partial charge in [0, 0.05) is 30.6 Å². The number of rotatable bonds is 4. The van der Waals surface area contributed by atoms with Crippen LogP contribution in [0.15, 0.2) is 42.5 Å². The third-order valence-corrected chi connectivity index (χ3v) is 3.89. The van der Waals surface area contributed by atoms with Crippen molar-refractivity contribution < 1.29 is 18.7 Å². The second-order valence-electron chi connectivity index (χ2n) is 5.54. The van der Waals surface area contributed by atoms with Crippen LogP contribution in [0.2, 0.25) is 0 Å². The number of halogens is 1. The fraction of sp³-hybridized carbons (Fsp3) is 0.222. The molecule has 0 bridgehead atoms. The van der Waals surface area contributed by atoms with Crippen molar-refractivity contribution in [1.82, 2.24) is 0 Å². The lowest BCUT2D eigenvalue weighted by Gasteiger charge is -2.17. The first kappa shape index (κ1) is 16.1. The molecule has 6 heteroatoms. The Hall–Kier alpha value is -2.73. The molecule has 0 aliphatic carbocycles. The summed E-state index contributed by atoms with van der Waals surface area (Å²) in [6.07, 6.45) is 0.767. The lowest BCUT2D eigenvalue weighted by molar-refractivity contribution is -0.122. The summed E-state index contributed by atoms with van der Waals surface area (Å²) in [7, 11) is 1.48. The summed E-state index contributed by atoms with van der Waals surface area (Å²) in [5.41, 5.74) is 2.61. The fourth-order valence-electron chi connectivity index (χ4n) is 2.75. The molecule has 5 nitrogen and oxygen atoms in total. The zero-order valence-corrected chi connectivity index (χ0v) is 13.2. The van der Waals surface area contributed by atoms with E-state index in [4.69, 9.17) is 4.74 Å². The van der Waals surface area contributed by atoms with E-state index in [2.05, 4.69) is 5.32 Å². The minimum absolute atomic E-state index is 0.0132. The summed E-state index contributed by atoms with van der Waals surface area (Å²) in [5.74, 6) is -0.986. The van der Waals surface area contributed by atoms with Gasteiger partial charge in [0.15, 0.2) is 0 Å². The van der Waals surface area contributed by atoms with Crippen LogP contribution in [0.3, 0.4) is 0 Å². The Morgan fingerprint density at radius 2 is 2.08 bits per heavy atom. The summed E-state index contributed by atoms with van der Waals surface area (Å²) < 4.78 is 18.1. The summed E-state index contributed by atoms with van der Waals surface area (Å²) in [4.78, 5) is 25.9. The number of carbonyl (C=O) groups excluding carboxylic acids is 2. The first-order chi connectivity index (χ1) is 11.6. The van der Waals surface area contributed by atoms with E-state index in [0.717, 1.165) is 17.7 Å². The number of amides is 2. The average Bonchev–Trinajstić information content (AvgIpc) is 2.98. The predicted molar refractivity (Wildman–Crippen MR) is 88.7 cm³/mol. The normalized spacial score (nSPS) is 12.8. The summed E-state index contributed by atoms with van der Waals surface area (Å²) in [6, 6.07) is 10.9. The number of methoxy groups -OCH3 is 1. The van der Waals surface area contributed by atoms with Gasteiger partial charge in [0.1, 0.15) is 12.4 Å². The van der Waals surface area contributed by atoms with Gasteiger partial charge in [-0.1, -0.05) is 12.1 Å². The maximum absolute atomic E-state index is 13.2. The van der Waals surface area contributed by atoms with Crippen molar-refractivity contribution in [3.05, 3.63) is 59.4 Å². The second-order valence-corrected chi connectivity index (χ2v) is 5.54. The molecule has 3 rings (SSSR count). The van der Waals surface area contributed by atoms with Gasteiger partial charge < -0.3 is 15.0 Å². The molecule has 0 saturated carbocycles. The minimum Gasteiger partial charge on any atom is -0.375 e. The number of hydrogen-bond donors (Lipinski definition) is 1. The molecule has 124 valence electrons. The Balaban J connectivity index is 1.80. The molecule has 1 aliphatic heterocycles. The van der Waals surface area contributed by atoms with Crippen LogP contribution in [0.1, 0.15) is 15.9 Å². The zero-order chi connectivity index (χ0) is 17.1. The highest BCUT2D eigenvalue weighted by Gasteiger charge is 2.24. The van der Waals surface area contributed by atoms with E-state index in [1.165, 1.54) is 25.3 Å². The van der Waals surface area contributed by atoms with Crippen molar-refractivity contribution in [2.75, 3.05) is 30.5 Å². The maximum Gasteiger partial charge on any atom is 0.255 e. The molecule has 0 saturated heterocycles. The SMILES string of the molecule is COCC(=O)N1CCc2ccc(NC(=O)c3cccc(F)c3)cc21. The zero-order valence-electron chi connectivity index (χ0n) is 13.2. The first-order valence-corrected chi connectivity index (χ1v) is 7.57. The van der Waals surface area contributed by atoms with Crippen LogP contribution in [0.5, 0.6) is 0 Å². The van der Waals surface area contributed by atoms with E-state index in [0.29, 0.717) is 12.2 Å². The smallest absolute Gasteiger partial charge is 0.255 e. The molecule has 1 heterocycles. The number of fused-ring (bicyclic) bond motifs is 1. The average molecular weight is 328 g/mol. The minimum atomic E-state index is -0.465. The van der Waals surface area contributed by atoms with Crippen molar-refractivity contribution >= 4 is 23.2 Å². The van der Waals surface area contributed by atoms with Crippen LogP contribution in [0.4, 0.5) is 15.8 Å². The van der Waals surface area contributed by atoms with Gasteiger partial charge in [-0.2, -0.15) is 0 Å². The molecule has 0 spiro atoms. The fourth-order valence-corrected chi connectivity index (χ4v) is 2.75. The van der Waals surface area contributed by atoms with Crippen LogP contribution >= 0.6 is 0 Å². The highest BCUT2D eigenvalue weighted by atomic mass is 19.1. The number of ether oxygens (including phenoxy) is 1. The third-order valence-electron chi connectivity index (χ3n) is 3.89. The van der Waals surface area contributed by atoms with E-state index >= 15 is 0 Å². The van der Waals surface area contributed by atoms with Gasteiger partial charge in [0.25, 0.3) is 11.8 Å². The monoisotopic (exact) mass is 328 g/mol. The van der Waals surface area contributed by atoms with E-state index in [1.807, 2.05) is 6.07 Å². The molecular weight excluding hydrogens is 311 g/mol. The van der Waals surface area contributed by atoms with E-state index in [-0.39, 0.29) is 18.1 Å². The van der Waals surface area contributed by atoms with Gasteiger partial charge >= 0.3 is 0 Å². The topological polar surface area (TPSA) is 58.6 Å². The van der Waals surface area contributed by atoms with Crippen molar-refractivity contribution in [2.24, 2.45) is 0 Å². The molecule has 0 unspecified atom stereocenters. The quantitative estimate of drug-likeness (QED) is 0.938. The summed E-state index contributed by atoms with van der Waals surface area (Å²) in [5, 5.41) is 2.73. The second kappa shape index (κ2) is 6.80. The van der Waals surface area contributed by atoms with Crippen LogP contribution < -0.4 is 10.2 Å². The molecule has 0 atom stereocenters. The van der Waals surface area contributed by atoms with E-state index in [1.54, 1.807) is 23.1 Å². The number of benzene rings is 2. The van der Waals surface area contributed by atoms with Gasteiger partial charge in [-0.25, -0.2) is 4.39 Å². The molecule has 0 aromatic heterocycles. The van der Waals surface area contributed by atoms with Crippen molar-refractivity contribution in [3.8, 4) is 0 Å². The number of anilines is 2. The van der Waals surface area contributed by atoms with Gasteiger partial charge in [0.05, 0.1) is 0 Å². The number of nitrogens with one attached hydrogen (secondary N) is 1. The van der Waals surface area contributed by atoms with Crippen molar-refractivity contribution in [2.45, 2.75) is 6.42 Å². The van der Waals surface area contributed by atoms with Gasteiger partial charge in [0.2, 0.25) is 0 Å². The molecule has 24 heavy (non-hydrogen) atoms. The number of nitrogens with zero attached hydrogens (tertiary/aromatic N) is 1. The standard InChI is InChI=1S/C18H17FN2O3/c1-24-11-17(22)21-8-7-12-5-6-15(10-16(12)21)20-18(23)13-3-2-4-14(19)9-13/h2-6,9-10H,7-8,11H2,1H3,(H,20,23). The van der Waals surface area contributed by atoms with Gasteiger partial charge in [-0.05, 0) is 42.3 Å². The Kier molecular flexibility index (Phi) is 4.57. The van der Waals surface area contributed by atoms with E-state index < -0.39 is 11.7 Å². The molecule has 2 amide bonds. The van der Waals surface area contributed by atoms with Crippen LogP contribution in [0.25, 0.3) is 0 Å². The summed E-state index contributed by atoms with van der Waals surface area (Å²) >= 11 is 0. The molecule has 1 N–H and O–H groups in total. The molecule has 0 radical (unpaired) electrons. The van der Waals surface area contributed by atoms with E-state index in [9.17, 15) is 14.0 Å². The number of hydrogen-bond acceptors (Lipinski definition) is 3. The van der Waals surface area contributed by atoms with Crippen molar-refractivity contribution in [1.29, 1.82) is 0 Å². The lowest BCUT2D eigenvalue weighted by atomic mass is 10.1. The Morgan fingerprint density at radius 1 is 1.25 bits per heavy atom. The highest BCUT2D eigenvalue weighted by molar-refractivity contribution is 6.05. The Morgan fingerprint density at radius 3 is 2.83 bits per heavy atom. The molecule has 2 aromatic carbocycles. The highest BCUT2D eigenvalue weighted by Crippen LogP contribution is 2.31. The molecule has 0 fully saturated rings. The Bertz CT molecular complexity index is 792. The van der Waals surface area contributed by atoms with Gasteiger partial charge in [-0.15, -0.1) is 0 Å². The number of carbonyl (C=O) groups is 2. The maximum atomic E-state index is 13.2. The first-order valence-electron chi connectivity index (χ1n) is 7.57. The molecule has 2 aromatic rings. The van der Waals surface area contributed by atoms with Crippen LogP contribution in [-0.2, 0) is 16.0 Å².